The van der Waals surface area contributed by atoms with E-state index in [1.54, 1.807) is 0 Å². The summed E-state index contributed by atoms with van der Waals surface area (Å²) in [5.74, 6) is 0. The molecule has 0 spiro atoms. The highest BCUT2D eigenvalue weighted by atomic mass is 15.2. The largest absolute Gasteiger partial charge is 0.358 e. The van der Waals surface area contributed by atoms with Gasteiger partial charge in [-0.25, -0.2) is 0 Å². The molecule has 1 aliphatic heterocycles. The Morgan fingerprint density at radius 1 is 1.10 bits per heavy atom. The van der Waals surface area contributed by atoms with Crippen LogP contribution in [0.25, 0.3) is 10.9 Å². The summed E-state index contributed by atoms with van der Waals surface area (Å²) < 4.78 is 0. The highest BCUT2D eigenvalue weighted by molar-refractivity contribution is 5.88. The summed E-state index contributed by atoms with van der Waals surface area (Å²) in [6, 6.07) is 4.54. The summed E-state index contributed by atoms with van der Waals surface area (Å²) in [5.41, 5.74) is 6.93. The van der Waals surface area contributed by atoms with E-state index in [1.165, 1.54) is 52.9 Å². The van der Waals surface area contributed by atoms with Crippen molar-refractivity contribution in [3.8, 4) is 0 Å². The number of hydrogen-bond donors (Lipinski definition) is 2. The monoisotopic (exact) mass is 271 g/mol. The Morgan fingerprint density at radius 3 is 2.60 bits per heavy atom. The summed E-state index contributed by atoms with van der Waals surface area (Å²) in [6.45, 7) is 12.4. The van der Waals surface area contributed by atoms with E-state index in [9.17, 15) is 0 Å². The maximum absolute atomic E-state index is 3.59. The fraction of sp³-hybridized carbons (Fsp3) is 0.529. The molecule has 2 aromatic rings. The Kier molecular flexibility index (Phi) is 3.81. The number of aromatic nitrogens is 1. The van der Waals surface area contributed by atoms with Gasteiger partial charge in [0.25, 0.3) is 0 Å². The Balaban J connectivity index is 1.84. The van der Waals surface area contributed by atoms with Crippen molar-refractivity contribution in [2.24, 2.45) is 0 Å². The highest BCUT2D eigenvalue weighted by Gasteiger charge is 2.14. The van der Waals surface area contributed by atoms with Gasteiger partial charge in [0, 0.05) is 49.3 Å². The minimum Gasteiger partial charge on any atom is -0.358 e. The third-order valence-electron chi connectivity index (χ3n) is 4.71. The number of nitrogens with zero attached hydrogens (tertiary/aromatic N) is 1. The van der Waals surface area contributed by atoms with E-state index in [-0.39, 0.29) is 0 Å². The molecule has 108 valence electrons. The molecule has 1 aromatic carbocycles. The second kappa shape index (κ2) is 5.58. The highest BCUT2D eigenvalue weighted by Crippen LogP contribution is 2.27. The first-order chi connectivity index (χ1) is 9.66. The van der Waals surface area contributed by atoms with E-state index in [0.29, 0.717) is 0 Å². The molecule has 20 heavy (non-hydrogen) atoms. The van der Waals surface area contributed by atoms with Gasteiger partial charge in [-0.3, -0.25) is 0 Å². The number of hydrogen-bond acceptors (Lipinski definition) is 2. The summed E-state index contributed by atoms with van der Waals surface area (Å²) in [7, 11) is 0. The number of aryl methyl sites for hydroxylation is 3. The van der Waals surface area contributed by atoms with Crippen molar-refractivity contribution >= 4 is 10.9 Å². The standard InChI is InChI=1S/C17H25N3/c1-12-4-5-16-15(14(3)19-17(16)13(12)2)6-9-20-10-7-18-8-11-20/h4-5,18-19H,6-11H2,1-3H3. The van der Waals surface area contributed by atoms with Crippen LogP contribution in [0.5, 0.6) is 0 Å². The van der Waals surface area contributed by atoms with E-state index in [2.05, 4.69) is 48.1 Å². The lowest BCUT2D eigenvalue weighted by Gasteiger charge is -2.27. The molecule has 0 saturated carbocycles. The van der Waals surface area contributed by atoms with Crippen molar-refractivity contribution in [2.45, 2.75) is 27.2 Å². The number of piperazine rings is 1. The first-order valence-electron chi connectivity index (χ1n) is 7.67. The Morgan fingerprint density at radius 2 is 1.85 bits per heavy atom. The lowest BCUT2D eigenvalue weighted by atomic mass is 10.0. The molecule has 2 N–H and O–H groups in total. The van der Waals surface area contributed by atoms with Crippen LogP contribution < -0.4 is 5.32 Å². The normalized spacial score (nSPS) is 16.9. The third-order valence-corrected chi connectivity index (χ3v) is 4.71. The van der Waals surface area contributed by atoms with Gasteiger partial charge in [-0.15, -0.1) is 0 Å². The van der Waals surface area contributed by atoms with Crippen LogP contribution in [0.15, 0.2) is 12.1 Å². The molecule has 0 atom stereocenters. The smallest absolute Gasteiger partial charge is 0.0491 e. The second-order valence-corrected chi connectivity index (χ2v) is 6.00. The van der Waals surface area contributed by atoms with Crippen LogP contribution >= 0.6 is 0 Å². The van der Waals surface area contributed by atoms with Crippen molar-refractivity contribution in [3.05, 3.63) is 34.5 Å². The van der Waals surface area contributed by atoms with Crippen LogP contribution in [0.3, 0.4) is 0 Å². The Hall–Kier alpha value is -1.32. The molecular weight excluding hydrogens is 246 g/mol. The molecule has 3 nitrogen and oxygen atoms in total. The van der Waals surface area contributed by atoms with Gasteiger partial charge in [-0.2, -0.15) is 0 Å². The van der Waals surface area contributed by atoms with Gasteiger partial charge in [-0.05, 0) is 43.9 Å². The molecule has 0 unspecified atom stereocenters. The predicted octanol–water partition coefficient (Wildman–Crippen LogP) is 2.54. The zero-order valence-electron chi connectivity index (χ0n) is 12.8. The van der Waals surface area contributed by atoms with Crippen molar-refractivity contribution in [2.75, 3.05) is 32.7 Å². The van der Waals surface area contributed by atoms with Crippen LogP contribution in [0.2, 0.25) is 0 Å². The summed E-state index contributed by atoms with van der Waals surface area (Å²) in [6.07, 6.45) is 1.15. The van der Waals surface area contributed by atoms with E-state index in [1.807, 2.05) is 0 Å². The number of fused-ring (bicyclic) bond motifs is 1. The molecule has 0 aliphatic carbocycles. The molecular formula is C17H25N3. The van der Waals surface area contributed by atoms with E-state index in [4.69, 9.17) is 0 Å². The SMILES string of the molecule is Cc1ccc2c(CCN3CCNCC3)c(C)[nH]c2c1C. The maximum atomic E-state index is 3.59. The molecule has 3 rings (SSSR count). The van der Waals surface area contributed by atoms with Crippen molar-refractivity contribution < 1.29 is 0 Å². The molecule has 1 fully saturated rings. The topological polar surface area (TPSA) is 31.1 Å². The average Bonchev–Trinajstić information content (AvgIpc) is 2.79. The first-order valence-corrected chi connectivity index (χ1v) is 7.67. The number of rotatable bonds is 3. The van der Waals surface area contributed by atoms with Gasteiger partial charge in [0.1, 0.15) is 0 Å². The van der Waals surface area contributed by atoms with Gasteiger partial charge in [0.05, 0.1) is 0 Å². The quantitative estimate of drug-likeness (QED) is 0.899. The number of benzene rings is 1. The fourth-order valence-electron chi connectivity index (χ4n) is 3.22. The molecule has 0 bridgehead atoms. The van der Waals surface area contributed by atoms with E-state index >= 15 is 0 Å². The molecule has 1 aliphatic rings. The van der Waals surface area contributed by atoms with Crippen molar-refractivity contribution in [1.29, 1.82) is 0 Å². The van der Waals surface area contributed by atoms with E-state index < -0.39 is 0 Å². The molecule has 1 aromatic heterocycles. The van der Waals surface area contributed by atoms with Gasteiger partial charge >= 0.3 is 0 Å². The minimum absolute atomic E-state index is 1.13. The Labute approximate surface area is 121 Å². The number of aromatic amines is 1. The van der Waals surface area contributed by atoms with Crippen LogP contribution in [0, 0.1) is 20.8 Å². The van der Waals surface area contributed by atoms with E-state index in [0.717, 1.165) is 19.5 Å². The average molecular weight is 271 g/mol. The predicted molar refractivity (Wildman–Crippen MR) is 85.5 cm³/mol. The van der Waals surface area contributed by atoms with Gasteiger partial charge < -0.3 is 15.2 Å². The third kappa shape index (κ3) is 2.48. The summed E-state index contributed by atoms with van der Waals surface area (Å²) in [5, 5.41) is 4.83. The summed E-state index contributed by atoms with van der Waals surface area (Å²) in [4.78, 5) is 6.16. The van der Waals surface area contributed by atoms with Gasteiger partial charge in [0.15, 0.2) is 0 Å². The van der Waals surface area contributed by atoms with Crippen LogP contribution in [-0.2, 0) is 6.42 Å². The van der Waals surface area contributed by atoms with Crippen LogP contribution in [0.1, 0.15) is 22.4 Å². The number of nitrogens with one attached hydrogen (secondary N) is 2. The molecule has 0 radical (unpaired) electrons. The summed E-state index contributed by atoms with van der Waals surface area (Å²) >= 11 is 0. The molecule has 1 saturated heterocycles. The Bertz CT molecular complexity index is 606. The second-order valence-electron chi connectivity index (χ2n) is 6.00. The number of H-pyrrole nitrogens is 1. The van der Waals surface area contributed by atoms with Crippen LogP contribution in [0.4, 0.5) is 0 Å². The molecule has 0 amide bonds. The molecule has 2 heterocycles. The fourth-order valence-corrected chi connectivity index (χ4v) is 3.22. The minimum atomic E-state index is 1.13. The molecule has 3 heteroatoms. The lowest BCUT2D eigenvalue weighted by molar-refractivity contribution is 0.244. The van der Waals surface area contributed by atoms with Crippen molar-refractivity contribution in [1.82, 2.24) is 15.2 Å². The zero-order chi connectivity index (χ0) is 14.1. The van der Waals surface area contributed by atoms with Gasteiger partial charge in [-0.1, -0.05) is 12.1 Å². The van der Waals surface area contributed by atoms with Crippen LogP contribution in [-0.4, -0.2) is 42.6 Å². The maximum Gasteiger partial charge on any atom is 0.0491 e. The van der Waals surface area contributed by atoms with Crippen molar-refractivity contribution in [3.63, 3.8) is 0 Å². The van der Waals surface area contributed by atoms with Gasteiger partial charge in [0.2, 0.25) is 0 Å². The first kappa shape index (κ1) is 13.7. The lowest BCUT2D eigenvalue weighted by Crippen LogP contribution is -2.44. The zero-order valence-corrected chi connectivity index (χ0v) is 12.8.